The minimum Gasteiger partial charge on any atom is -0.493 e. The topological polar surface area (TPSA) is 55.7 Å². The molecule has 0 saturated heterocycles. The predicted molar refractivity (Wildman–Crippen MR) is 111 cm³/mol. The summed E-state index contributed by atoms with van der Waals surface area (Å²) in [7, 11) is 3.21. The van der Waals surface area contributed by atoms with Crippen molar-refractivity contribution < 1.29 is 9.47 Å². The highest BCUT2D eigenvalue weighted by molar-refractivity contribution is 9.10. The van der Waals surface area contributed by atoms with Gasteiger partial charge in [-0.2, -0.15) is 5.10 Å². The standard InChI is InChI=1S/C19H18BrN3O2S/c1-12-4-6-13(7-5-12)15-11-26-19(22-15)23-21-10-14-8-9-16(24-2)18(25-3)17(14)20/h4-11H,1-3H3,(H,22,23)/b21-10-. The Hall–Kier alpha value is -2.38. The molecule has 0 aliphatic heterocycles. The molecule has 0 unspecified atom stereocenters. The zero-order valence-electron chi connectivity index (χ0n) is 14.6. The first-order valence-electron chi connectivity index (χ1n) is 7.84. The van der Waals surface area contributed by atoms with E-state index in [1.54, 1.807) is 20.4 Å². The van der Waals surface area contributed by atoms with Crippen LogP contribution < -0.4 is 14.9 Å². The van der Waals surface area contributed by atoms with Gasteiger partial charge in [0.25, 0.3) is 0 Å². The van der Waals surface area contributed by atoms with Crippen molar-refractivity contribution >= 4 is 38.6 Å². The van der Waals surface area contributed by atoms with Crippen molar-refractivity contribution in [1.82, 2.24) is 4.98 Å². The lowest BCUT2D eigenvalue weighted by atomic mass is 10.1. The lowest BCUT2D eigenvalue weighted by molar-refractivity contribution is 0.353. The van der Waals surface area contributed by atoms with Crippen molar-refractivity contribution in [3.63, 3.8) is 0 Å². The van der Waals surface area contributed by atoms with Crippen LogP contribution in [0.2, 0.25) is 0 Å². The summed E-state index contributed by atoms with van der Waals surface area (Å²) in [5, 5.41) is 7.01. The normalized spacial score (nSPS) is 10.9. The Labute approximate surface area is 164 Å². The van der Waals surface area contributed by atoms with Crippen LogP contribution in [0, 0.1) is 6.92 Å². The van der Waals surface area contributed by atoms with E-state index in [0.717, 1.165) is 26.4 Å². The highest BCUT2D eigenvalue weighted by atomic mass is 79.9. The Kier molecular flexibility index (Phi) is 5.90. The second kappa shape index (κ2) is 8.33. The van der Waals surface area contributed by atoms with Crippen LogP contribution in [0.1, 0.15) is 11.1 Å². The third-order valence-corrected chi connectivity index (χ3v) is 5.30. The fourth-order valence-corrected chi connectivity index (χ4v) is 3.60. The van der Waals surface area contributed by atoms with Crippen LogP contribution in [0.5, 0.6) is 11.5 Å². The van der Waals surface area contributed by atoms with Crippen molar-refractivity contribution in [1.29, 1.82) is 0 Å². The SMILES string of the molecule is COc1ccc(/C=N\Nc2nc(-c3ccc(C)cc3)cs2)c(Br)c1OC. The van der Waals surface area contributed by atoms with Gasteiger partial charge in [-0.05, 0) is 35.0 Å². The van der Waals surface area contributed by atoms with Crippen molar-refractivity contribution in [3.05, 3.63) is 57.4 Å². The van der Waals surface area contributed by atoms with Gasteiger partial charge in [-0.15, -0.1) is 11.3 Å². The van der Waals surface area contributed by atoms with Crippen molar-refractivity contribution in [2.45, 2.75) is 6.92 Å². The number of hydrogen-bond acceptors (Lipinski definition) is 6. The molecule has 0 aliphatic carbocycles. The molecule has 3 aromatic rings. The highest BCUT2D eigenvalue weighted by Gasteiger charge is 2.11. The molecule has 0 amide bonds. The number of halogens is 1. The van der Waals surface area contributed by atoms with E-state index in [4.69, 9.17) is 9.47 Å². The number of rotatable bonds is 6. The molecule has 0 saturated carbocycles. The fraction of sp³-hybridized carbons (Fsp3) is 0.158. The number of aromatic nitrogens is 1. The largest absolute Gasteiger partial charge is 0.493 e. The Morgan fingerprint density at radius 3 is 2.58 bits per heavy atom. The number of hydrazone groups is 1. The third kappa shape index (κ3) is 4.05. The lowest BCUT2D eigenvalue weighted by Gasteiger charge is -2.10. The van der Waals surface area contributed by atoms with Gasteiger partial charge in [-0.25, -0.2) is 4.98 Å². The van der Waals surface area contributed by atoms with Gasteiger partial charge in [-0.3, -0.25) is 5.43 Å². The molecule has 0 radical (unpaired) electrons. The summed E-state index contributed by atoms with van der Waals surface area (Å²) < 4.78 is 11.4. The van der Waals surface area contributed by atoms with Gasteiger partial charge in [0.15, 0.2) is 11.5 Å². The van der Waals surface area contributed by atoms with Crippen LogP contribution in [0.4, 0.5) is 5.13 Å². The van der Waals surface area contributed by atoms with Gasteiger partial charge in [0.1, 0.15) is 0 Å². The smallest absolute Gasteiger partial charge is 0.203 e. The molecule has 2 aromatic carbocycles. The molecule has 0 atom stereocenters. The summed E-state index contributed by atoms with van der Waals surface area (Å²) in [6, 6.07) is 12.0. The first-order valence-corrected chi connectivity index (χ1v) is 9.51. The van der Waals surface area contributed by atoms with E-state index in [1.807, 2.05) is 17.5 Å². The molecule has 1 heterocycles. The molecule has 3 rings (SSSR count). The van der Waals surface area contributed by atoms with Crippen LogP contribution in [0.25, 0.3) is 11.3 Å². The molecular formula is C19H18BrN3O2S. The first kappa shape index (κ1) is 18.4. The molecule has 5 nitrogen and oxygen atoms in total. The minimum atomic E-state index is 0.632. The highest BCUT2D eigenvalue weighted by Crippen LogP contribution is 2.36. The Morgan fingerprint density at radius 1 is 1.12 bits per heavy atom. The molecule has 1 aromatic heterocycles. The lowest BCUT2D eigenvalue weighted by Crippen LogP contribution is -1.96. The number of hydrogen-bond donors (Lipinski definition) is 1. The Balaban J connectivity index is 1.72. The molecular weight excluding hydrogens is 414 g/mol. The Morgan fingerprint density at radius 2 is 1.88 bits per heavy atom. The van der Waals surface area contributed by atoms with Crippen molar-refractivity contribution in [2.24, 2.45) is 5.10 Å². The maximum atomic E-state index is 5.37. The van der Waals surface area contributed by atoms with Gasteiger partial charge < -0.3 is 9.47 Å². The summed E-state index contributed by atoms with van der Waals surface area (Å²) in [4.78, 5) is 4.56. The van der Waals surface area contributed by atoms with E-state index in [-0.39, 0.29) is 0 Å². The summed E-state index contributed by atoms with van der Waals surface area (Å²) in [5.41, 5.74) is 7.09. The van der Waals surface area contributed by atoms with Crippen molar-refractivity contribution in [3.8, 4) is 22.8 Å². The second-order valence-corrected chi connectivity index (χ2v) is 7.13. The van der Waals surface area contributed by atoms with Gasteiger partial charge in [0, 0.05) is 16.5 Å². The number of thiazole rings is 1. The number of methoxy groups -OCH3 is 2. The minimum absolute atomic E-state index is 0.632. The molecule has 134 valence electrons. The fourth-order valence-electron chi connectivity index (χ4n) is 2.34. The van der Waals surface area contributed by atoms with Gasteiger partial charge >= 0.3 is 0 Å². The number of aryl methyl sites for hydroxylation is 1. The third-order valence-electron chi connectivity index (χ3n) is 3.73. The quantitative estimate of drug-likeness (QED) is 0.422. The number of benzene rings is 2. The zero-order valence-corrected chi connectivity index (χ0v) is 17.0. The first-order chi connectivity index (χ1) is 12.6. The van der Waals surface area contributed by atoms with Crippen LogP contribution in [0.15, 0.2) is 51.4 Å². The van der Waals surface area contributed by atoms with Crippen LogP contribution in [0.3, 0.4) is 0 Å². The van der Waals surface area contributed by atoms with Crippen LogP contribution >= 0.6 is 27.3 Å². The summed E-state index contributed by atoms with van der Waals surface area (Å²) >= 11 is 5.03. The number of anilines is 1. The van der Waals surface area contributed by atoms with E-state index >= 15 is 0 Å². The number of nitrogens with zero attached hydrogens (tertiary/aromatic N) is 2. The van der Waals surface area contributed by atoms with E-state index in [2.05, 4.69) is 62.6 Å². The van der Waals surface area contributed by atoms with E-state index in [1.165, 1.54) is 16.9 Å². The van der Waals surface area contributed by atoms with Gasteiger partial charge in [0.05, 0.1) is 30.6 Å². The maximum Gasteiger partial charge on any atom is 0.203 e. The maximum absolute atomic E-state index is 5.37. The molecule has 0 fully saturated rings. The summed E-state index contributed by atoms with van der Waals surface area (Å²) in [6.07, 6.45) is 1.71. The van der Waals surface area contributed by atoms with E-state index in [9.17, 15) is 0 Å². The van der Waals surface area contributed by atoms with Gasteiger partial charge in [-0.1, -0.05) is 29.8 Å². The monoisotopic (exact) mass is 431 g/mol. The predicted octanol–water partition coefficient (Wildman–Crippen LogP) is 5.34. The van der Waals surface area contributed by atoms with Crippen LogP contribution in [-0.2, 0) is 0 Å². The second-order valence-electron chi connectivity index (χ2n) is 5.48. The average Bonchev–Trinajstić information content (AvgIpc) is 3.12. The molecule has 1 N–H and O–H groups in total. The molecule has 0 aliphatic rings. The molecule has 26 heavy (non-hydrogen) atoms. The van der Waals surface area contributed by atoms with E-state index in [0.29, 0.717) is 11.5 Å². The average molecular weight is 432 g/mol. The summed E-state index contributed by atoms with van der Waals surface area (Å²) in [6.45, 7) is 2.07. The molecule has 0 bridgehead atoms. The van der Waals surface area contributed by atoms with Crippen molar-refractivity contribution in [2.75, 3.05) is 19.6 Å². The summed E-state index contributed by atoms with van der Waals surface area (Å²) in [5.74, 6) is 1.29. The Bertz CT molecular complexity index is 923. The van der Waals surface area contributed by atoms with Crippen LogP contribution in [-0.4, -0.2) is 25.4 Å². The van der Waals surface area contributed by atoms with Gasteiger partial charge in [0.2, 0.25) is 5.13 Å². The molecule has 0 spiro atoms. The molecule has 7 heteroatoms. The van der Waals surface area contributed by atoms with E-state index < -0.39 is 0 Å². The number of ether oxygens (including phenoxy) is 2. The number of nitrogens with one attached hydrogen (secondary N) is 1. The zero-order chi connectivity index (χ0) is 18.5.